The van der Waals surface area contributed by atoms with E-state index in [4.69, 9.17) is 21.1 Å². The predicted molar refractivity (Wildman–Crippen MR) is 146 cm³/mol. The number of unbranched alkanes of at least 4 members (excludes halogenated alkanes) is 3. The van der Waals surface area contributed by atoms with Gasteiger partial charge in [0.25, 0.3) is 0 Å². The molecule has 0 spiro atoms. The van der Waals surface area contributed by atoms with Crippen molar-refractivity contribution < 1.29 is 19.1 Å². The van der Waals surface area contributed by atoms with E-state index in [0.717, 1.165) is 60.4 Å². The number of halogens is 1. The Labute approximate surface area is 219 Å². The quantitative estimate of drug-likeness (QED) is 0.101. The SMILES string of the molecule is CCC(C)C(=O)Oc1cccc2ccc(C)c(CCCCCCC(=O)OCc3ccc(CCl)cc3)c12. The van der Waals surface area contributed by atoms with Gasteiger partial charge in [0.1, 0.15) is 12.4 Å². The molecule has 0 saturated carbocycles. The third kappa shape index (κ3) is 7.83. The maximum atomic E-state index is 12.5. The van der Waals surface area contributed by atoms with Gasteiger partial charge in [-0.15, -0.1) is 11.6 Å². The molecule has 1 atom stereocenters. The molecule has 0 aliphatic rings. The van der Waals surface area contributed by atoms with Crippen LogP contribution in [0.2, 0.25) is 0 Å². The summed E-state index contributed by atoms with van der Waals surface area (Å²) >= 11 is 5.81. The van der Waals surface area contributed by atoms with Gasteiger partial charge in [0.15, 0.2) is 0 Å². The van der Waals surface area contributed by atoms with Crippen LogP contribution >= 0.6 is 11.6 Å². The third-order valence-electron chi connectivity index (χ3n) is 6.71. The smallest absolute Gasteiger partial charge is 0.314 e. The molecule has 192 valence electrons. The van der Waals surface area contributed by atoms with E-state index in [0.29, 0.717) is 24.7 Å². The molecule has 0 heterocycles. The van der Waals surface area contributed by atoms with Gasteiger partial charge in [0.2, 0.25) is 0 Å². The minimum atomic E-state index is -0.184. The van der Waals surface area contributed by atoms with Gasteiger partial charge in [-0.25, -0.2) is 0 Å². The number of rotatable bonds is 13. The standard InChI is InChI=1S/C31H37ClO4/c1-4-22(2)31(34)36-28-12-9-10-26-19-14-23(3)27(30(26)28)11-7-5-6-8-13-29(33)35-21-25-17-15-24(20-32)16-18-25/h9-10,12,14-19,22H,4-8,11,13,20-21H2,1-3H3. The minimum absolute atomic E-state index is 0.128. The van der Waals surface area contributed by atoms with Gasteiger partial charge in [-0.1, -0.05) is 75.2 Å². The first-order valence-corrected chi connectivity index (χ1v) is 13.5. The van der Waals surface area contributed by atoms with E-state index in [9.17, 15) is 9.59 Å². The summed E-state index contributed by atoms with van der Waals surface area (Å²) < 4.78 is 11.2. The van der Waals surface area contributed by atoms with Crippen molar-refractivity contribution in [3.8, 4) is 5.75 Å². The number of alkyl halides is 1. The number of aryl methyl sites for hydroxylation is 2. The molecule has 3 aromatic rings. The minimum Gasteiger partial charge on any atom is -0.461 e. The first-order chi connectivity index (χ1) is 17.4. The topological polar surface area (TPSA) is 52.6 Å². The molecule has 0 aromatic heterocycles. The van der Waals surface area contributed by atoms with Crippen molar-refractivity contribution in [2.45, 2.75) is 78.2 Å². The van der Waals surface area contributed by atoms with Crippen LogP contribution in [0, 0.1) is 12.8 Å². The van der Waals surface area contributed by atoms with Crippen molar-refractivity contribution in [2.24, 2.45) is 5.92 Å². The lowest BCUT2D eigenvalue weighted by molar-refractivity contribution is -0.145. The van der Waals surface area contributed by atoms with Gasteiger partial charge < -0.3 is 9.47 Å². The number of carbonyl (C=O) groups is 2. The van der Waals surface area contributed by atoms with E-state index in [2.05, 4.69) is 25.1 Å². The molecule has 3 aromatic carbocycles. The molecule has 0 saturated heterocycles. The van der Waals surface area contributed by atoms with Crippen LogP contribution in [0.3, 0.4) is 0 Å². The molecule has 4 nitrogen and oxygen atoms in total. The molecule has 5 heteroatoms. The van der Waals surface area contributed by atoms with E-state index in [-0.39, 0.29) is 17.9 Å². The molecule has 0 fully saturated rings. The van der Waals surface area contributed by atoms with Crippen LogP contribution in [0.5, 0.6) is 5.75 Å². The summed E-state index contributed by atoms with van der Waals surface area (Å²) in [5.74, 6) is 0.659. The van der Waals surface area contributed by atoms with E-state index in [1.807, 2.05) is 50.2 Å². The third-order valence-corrected chi connectivity index (χ3v) is 7.02. The molecule has 0 amide bonds. The molecule has 3 rings (SSSR count). The van der Waals surface area contributed by atoms with Crippen molar-refractivity contribution in [3.63, 3.8) is 0 Å². The van der Waals surface area contributed by atoms with Gasteiger partial charge in [-0.05, 0) is 66.3 Å². The Hall–Kier alpha value is -2.85. The molecule has 1 unspecified atom stereocenters. The second-order valence-corrected chi connectivity index (χ2v) is 9.74. The summed E-state index contributed by atoms with van der Waals surface area (Å²) in [5.41, 5.74) is 4.46. The molecule has 0 aliphatic carbocycles. The van der Waals surface area contributed by atoms with E-state index in [1.165, 1.54) is 11.1 Å². The highest BCUT2D eigenvalue weighted by Gasteiger charge is 2.17. The van der Waals surface area contributed by atoms with Crippen molar-refractivity contribution in [1.29, 1.82) is 0 Å². The van der Waals surface area contributed by atoms with Crippen LogP contribution in [-0.4, -0.2) is 11.9 Å². The number of hydrogen-bond acceptors (Lipinski definition) is 4. The maximum Gasteiger partial charge on any atom is 0.314 e. The van der Waals surface area contributed by atoms with Crippen molar-refractivity contribution in [3.05, 3.63) is 76.9 Å². The fourth-order valence-electron chi connectivity index (χ4n) is 4.19. The van der Waals surface area contributed by atoms with Crippen molar-refractivity contribution >= 4 is 34.3 Å². The van der Waals surface area contributed by atoms with Gasteiger partial charge >= 0.3 is 11.9 Å². The van der Waals surface area contributed by atoms with Gasteiger partial charge in [0.05, 0.1) is 5.92 Å². The number of ether oxygens (including phenoxy) is 2. The monoisotopic (exact) mass is 508 g/mol. The average molecular weight is 509 g/mol. The fourth-order valence-corrected chi connectivity index (χ4v) is 4.37. The number of benzene rings is 3. The van der Waals surface area contributed by atoms with E-state index in [1.54, 1.807) is 0 Å². The number of esters is 2. The lowest BCUT2D eigenvalue weighted by Crippen LogP contribution is -2.17. The largest absolute Gasteiger partial charge is 0.461 e. The first kappa shape index (κ1) is 27.7. The second kappa shape index (κ2) is 14.0. The maximum absolute atomic E-state index is 12.5. The zero-order chi connectivity index (χ0) is 25.9. The summed E-state index contributed by atoms with van der Waals surface area (Å²) in [5, 5.41) is 2.13. The van der Waals surface area contributed by atoms with Crippen LogP contribution in [0.4, 0.5) is 0 Å². The normalized spacial score (nSPS) is 11.9. The molecular formula is C31H37ClO4. The lowest BCUT2D eigenvalue weighted by Gasteiger charge is -2.16. The zero-order valence-corrected chi connectivity index (χ0v) is 22.4. The summed E-state index contributed by atoms with van der Waals surface area (Å²) in [7, 11) is 0. The molecule has 36 heavy (non-hydrogen) atoms. The predicted octanol–water partition coefficient (Wildman–Crippen LogP) is 8.07. The summed E-state index contributed by atoms with van der Waals surface area (Å²) in [6.45, 7) is 6.30. The van der Waals surface area contributed by atoms with Gasteiger partial charge in [0, 0.05) is 17.7 Å². The Morgan fingerprint density at radius 3 is 2.36 bits per heavy atom. The number of carbonyl (C=O) groups excluding carboxylic acids is 2. The Morgan fingerprint density at radius 1 is 0.917 bits per heavy atom. The highest BCUT2D eigenvalue weighted by molar-refractivity contribution is 6.17. The summed E-state index contributed by atoms with van der Waals surface area (Å²) in [4.78, 5) is 24.6. The van der Waals surface area contributed by atoms with Crippen molar-refractivity contribution in [1.82, 2.24) is 0 Å². The fraction of sp³-hybridized carbons (Fsp3) is 0.419. The number of fused-ring (bicyclic) bond motifs is 1. The number of hydrogen-bond donors (Lipinski definition) is 0. The Morgan fingerprint density at radius 2 is 1.64 bits per heavy atom. The Bertz CT molecular complexity index is 1150. The van der Waals surface area contributed by atoms with Gasteiger partial charge in [-0.2, -0.15) is 0 Å². The average Bonchev–Trinajstić information content (AvgIpc) is 2.90. The van der Waals surface area contributed by atoms with Crippen LogP contribution in [0.15, 0.2) is 54.6 Å². The second-order valence-electron chi connectivity index (χ2n) is 9.47. The molecule has 0 N–H and O–H groups in total. The summed E-state index contributed by atoms with van der Waals surface area (Å²) in [6, 6.07) is 17.9. The Balaban J connectivity index is 1.48. The molecular weight excluding hydrogens is 472 g/mol. The highest BCUT2D eigenvalue weighted by Crippen LogP contribution is 2.33. The summed E-state index contributed by atoms with van der Waals surface area (Å²) in [6.07, 6.45) is 5.92. The van der Waals surface area contributed by atoms with Crippen LogP contribution in [-0.2, 0) is 33.2 Å². The van der Waals surface area contributed by atoms with Crippen LogP contribution in [0.25, 0.3) is 10.8 Å². The Kier molecular flexibility index (Phi) is 10.8. The van der Waals surface area contributed by atoms with Gasteiger partial charge in [-0.3, -0.25) is 9.59 Å². The first-order valence-electron chi connectivity index (χ1n) is 12.9. The lowest BCUT2D eigenvalue weighted by atomic mass is 9.94. The molecule has 0 bridgehead atoms. The molecule has 0 aliphatic heterocycles. The van der Waals surface area contributed by atoms with E-state index < -0.39 is 0 Å². The highest BCUT2D eigenvalue weighted by atomic mass is 35.5. The van der Waals surface area contributed by atoms with Crippen molar-refractivity contribution in [2.75, 3.05) is 0 Å². The molecule has 0 radical (unpaired) electrons. The van der Waals surface area contributed by atoms with Crippen LogP contribution < -0.4 is 4.74 Å². The van der Waals surface area contributed by atoms with E-state index >= 15 is 0 Å². The van der Waals surface area contributed by atoms with Crippen LogP contribution in [0.1, 0.15) is 74.6 Å². The zero-order valence-electron chi connectivity index (χ0n) is 21.6.